The Morgan fingerprint density at radius 1 is 1.14 bits per heavy atom. The lowest BCUT2D eigenvalue weighted by Crippen LogP contribution is -2.26. The number of thiazole rings is 1. The Hall–Kier alpha value is -2.55. The standard InChI is InChI=1S/C21H22N2O4S2/c1-13-4-6-16(7-5-13)20-23-17(12-28-20)8-9-22-29(26,27)18-10-14(2)15(3)19(11-18)21(24)25/h4-7,10-12,22H,8-9H2,1-3H3,(H,24,25). The third-order valence-electron chi connectivity index (χ3n) is 4.71. The topological polar surface area (TPSA) is 96.4 Å². The van der Waals surface area contributed by atoms with Gasteiger partial charge in [0.15, 0.2) is 0 Å². The lowest BCUT2D eigenvalue weighted by molar-refractivity contribution is 0.0695. The second kappa shape index (κ2) is 8.44. The van der Waals surface area contributed by atoms with Gasteiger partial charge in [-0.1, -0.05) is 29.8 Å². The summed E-state index contributed by atoms with van der Waals surface area (Å²) >= 11 is 1.52. The minimum atomic E-state index is -3.81. The van der Waals surface area contributed by atoms with Crippen LogP contribution >= 0.6 is 11.3 Å². The zero-order valence-corrected chi connectivity index (χ0v) is 18.0. The van der Waals surface area contributed by atoms with Crippen LogP contribution in [0.1, 0.15) is 32.7 Å². The van der Waals surface area contributed by atoms with Crippen molar-refractivity contribution in [1.29, 1.82) is 0 Å². The summed E-state index contributed by atoms with van der Waals surface area (Å²) in [7, 11) is -3.81. The van der Waals surface area contributed by atoms with Gasteiger partial charge in [0.1, 0.15) is 5.01 Å². The van der Waals surface area contributed by atoms with E-state index >= 15 is 0 Å². The summed E-state index contributed by atoms with van der Waals surface area (Å²) in [5.74, 6) is -1.14. The van der Waals surface area contributed by atoms with Crippen LogP contribution in [0.5, 0.6) is 0 Å². The average molecular weight is 431 g/mol. The number of carbonyl (C=O) groups is 1. The van der Waals surface area contributed by atoms with E-state index in [1.807, 2.05) is 36.6 Å². The lowest BCUT2D eigenvalue weighted by atomic mass is 10.0. The van der Waals surface area contributed by atoms with Crippen molar-refractivity contribution in [2.45, 2.75) is 32.1 Å². The maximum Gasteiger partial charge on any atom is 0.336 e. The van der Waals surface area contributed by atoms with Gasteiger partial charge in [-0.2, -0.15) is 0 Å². The molecule has 0 aliphatic heterocycles. The number of benzene rings is 2. The SMILES string of the molecule is Cc1ccc(-c2nc(CCNS(=O)(=O)c3cc(C)c(C)c(C(=O)O)c3)cs2)cc1. The third-order valence-corrected chi connectivity index (χ3v) is 7.09. The van der Waals surface area contributed by atoms with Crippen molar-refractivity contribution < 1.29 is 18.3 Å². The van der Waals surface area contributed by atoms with E-state index in [9.17, 15) is 18.3 Å². The minimum Gasteiger partial charge on any atom is -0.478 e. The number of aromatic carboxylic acids is 1. The summed E-state index contributed by atoms with van der Waals surface area (Å²) in [5, 5.41) is 12.1. The second-order valence-electron chi connectivity index (χ2n) is 6.88. The van der Waals surface area contributed by atoms with Crippen molar-refractivity contribution in [3.63, 3.8) is 0 Å². The fourth-order valence-corrected chi connectivity index (χ4v) is 4.85. The van der Waals surface area contributed by atoms with Crippen LogP contribution in [-0.2, 0) is 16.4 Å². The number of carboxylic acids is 1. The average Bonchev–Trinajstić information content (AvgIpc) is 3.12. The number of hydrogen-bond acceptors (Lipinski definition) is 5. The van der Waals surface area contributed by atoms with Crippen molar-refractivity contribution in [2.75, 3.05) is 6.54 Å². The van der Waals surface area contributed by atoms with Gasteiger partial charge in [-0.05, 0) is 44.0 Å². The fourth-order valence-electron chi connectivity index (χ4n) is 2.85. The molecule has 0 saturated heterocycles. The van der Waals surface area contributed by atoms with E-state index in [1.54, 1.807) is 13.8 Å². The summed E-state index contributed by atoms with van der Waals surface area (Å²) in [4.78, 5) is 15.9. The smallest absolute Gasteiger partial charge is 0.336 e. The van der Waals surface area contributed by atoms with Crippen LogP contribution in [-0.4, -0.2) is 31.0 Å². The zero-order chi connectivity index (χ0) is 21.2. The molecule has 0 atom stereocenters. The summed E-state index contributed by atoms with van der Waals surface area (Å²) in [6, 6.07) is 10.8. The monoisotopic (exact) mass is 430 g/mol. The van der Waals surface area contributed by atoms with Gasteiger partial charge in [0.2, 0.25) is 10.0 Å². The highest BCUT2D eigenvalue weighted by molar-refractivity contribution is 7.89. The van der Waals surface area contributed by atoms with E-state index in [0.717, 1.165) is 16.3 Å². The summed E-state index contributed by atoms with van der Waals surface area (Å²) in [6.45, 7) is 5.56. The minimum absolute atomic E-state index is 0.00684. The Labute approximate surface area is 174 Å². The molecule has 0 bridgehead atoms. The van der Waals surface area contributed by atoms with Crippen LogP contribution in [0.25, 0.3) is 10.6 Å². The molecular weight excluding hydrogens is 408 g/mol. The summed E-state index contributed by atoms with van der Waals surface area (Å²) in [6.07, 6.45) is 0.443. The highest BCUT2D eigenvalue weighted by atomic mass is 32.2. The first kappa shape index (κ1) is 21.2. The van der Waals surface area contributed by atoms with E-state index < -0.39 is 16.0 Å². The van der Waals surface area contributed by atoms with Crippen molar-refractivity contribution in [2.24, 2.45) is 0 Å². The van der Waals surface area contributed by atoms with E-state index in [1.165, 1.54) is 29.0 Å². The van der Waals surface area contributed by atoms with Gasteiger partial charge in [-0.15, -0.1) is 11.3 Å². The van der Waals surface area contributed by atoms with Crippen LogP contribution in [0.3, 0.4) is 0 Å². The maximum absolute atomic E-state index is 12.6. The molecule has 0 amide bonds. The Kier molecular flexibility index (Phi) is 6.16. The predicted octanol–water partition coefficient (Wildman–Crippen LogP) is 3.95. The second-order valence-corrected chi connectivity index (χ2v) is 9.50. The number of nitrogens with one attached hydrogen (secondary N) is 1. The molecule has 3 rings (SSSR count). The van der Waals surface area contributed by atoms with Crippen molar-refractivity contribution in [3.8, 4) is 10.6 Å². The quantitative estimate of drug-likeness (QED) is 0.592. The van der Waals surface area contributed by atoms with Crippen LogP contribution < -0.4 is 4.72 Å². The molecule has 2 N–H and O–H groups in total. The van der Waals surface area contributed by atoms with Gasteiger partial charge in [-0.25, -0.2) is 22.9 Å². The molecule has 0 fully saturated rings. The Morgan fingerprint density at radius 3 is 2.48 bits per heavy atom. The first-order chi connectivity index (χ1) is 13.7. The molecule has 0 saturated carbocycles. The molecule has 0 aliphatic rings. The molecule has 0 spiro atoms. The molecule has 6 nitrogen and oxygen atoms in total. The van der Waals surface area contributed by atoms with Gasteiger partial charge >= 0.3 is 5.97 Å². The predicted molar refractivity (Wildman–Crippen MR) is 114 cm³/mol. The number of aryl methyl sites for hydroxylation is 2. The van der Waals surface area contributed by atoms with E-state index in [0.29, 0.717) is 17.5 Å². The van der Waals surface area contributed by atoms with Gasteiger partial charge in [-0.3, -0.25) is 0 Å². The van der Waals surface area contributed by atoms with Gasteiger partial charge in [0, 0.05) is 23.9 Å². The van der Waals surface area contributed by atoms with Gasteiger partial charge in [0.25, 0.3) is 0 Å². The largest absolute Gasteiger partial charge is 0.478 e. The zero-order valence-electron chi connectivity index (χ0n) is 16.4. The lowest BCUT2D eigenvalue weighted by Gasteiger charge is -2.11. The molecule has 3 aromatic rings. The number of nitrogens with zero attached hydrogens (tertiary/aromatic N) is 1. The van der Waals surface area contributed by atoms with E-state index in [-0.39, 0.29) is 17.0 Å². The fraction of sp³-hybridized carbons (Fsp3) is 0.238. The molecule has 29 heavy (non-hydrogen) atoms. The summed E-state index contributed by atoms with van der Waals surface area (Å²) in [5.41, 5.74) is 4.18. The molecule has 2 aromatic carbocycles. The van der Waals surface area contributed by atoms with E-state index in [4.69, 9.17) is 0 Å². The van der Waals surface area contributed by atoms with Crippen LogP contribution in [0.2, 0.25) is 0 Å². The van der Waals surface area contributed by atoms with Gasteiger partial charge < -0.3 is 5.11 Å². The number of sulfonamides is 1. The van der Waals surface area contributed by atoms with E-state index in [2.05, 4.69) is 9.71 Å². The molecular formula is C21H22N2O4S2. The Morgan fingerprint density at radius 2 is 1.83 bits per heavy atom. The number of aromatic nitrogens is 1. The van der Waals surface area contributed by atoms with Crippen LogP contribution in [0.15, 0.2) is 46.7 Å². The highest BCUT2D eigenvalue weighted by Gasteiger charge is 2.19. The number of rotatable bonds is 7. The van der Waals surface area contributed by atoms with Crippen molar-refractivity contribution in [3.05, 3.63) is 69.7 Å². The van der Waals surface area contributed by atoms with Gasteiger partial charge in [0.05, 0.1) is 16.2 Å². The molecule has 8 heteroatoms. The molecule has 0 unspecified atom stereocenters. The number of hydrogen-bond donors (Lipinski definition) is 2. The number of carboxylic acid groups (broad SMARTS) is 1. The molecule has 1 heterocycles. The van der Waals surface area contributed by atoms with Crippen LogP contribution in [0, 0.1) is 20.8 Å². The van der Waals surface area contributed by atoms with Crippen LogP contribution in [0.4, 0.5) is 0 Å². The molecule has 0 radical (unpaired) electrons. The molecule has 152 valence electrons. The first-order valence-corrected chi connectivity index (χ1v) is 11.4. The summed E-state index contributed by atoms with van der Waals surface area (Å²) < 4.78 is 27.7. The highest BCUT2D eigenvalue weighted by Crippen LogP contribution is 2.24. The normalized spacial score (nSPS) is 11.6. The first-order valence-electron chi connectivity index (χ1n) is 9.03. The van der Waals surface area contributed by atoms with Crippen molar-refractivity contribution in [1.82, 2.24) is 9.71 Å². The third kappa shape index (κ3) is 4.90. The molecule has 0 aliphatic carbocycles. The van der Waals surface area contributed by atoms with Crippen molar-refractivity contribution >= 4 is 27.3 Å². The Bertz CT molecular complexity index is 1150. The Balaban J connectivity index is 1.69. The molecule has 1 aromatic heterocycles. The maximum atomic E-state index is 12.6.